The fraction of sp³-hybridized carbons (Fsp3) is 0.353. The number of benzene rings is 1. The van der Waals surface area contributed by atoms with Crippen LogP contribution in [0.5, 0.6) is 0 Å². The molecule has 114 valence electrons. The Morgan fingerprint density at radius 3 is 2.73 bits per heavy atom. The van der Waals surface area contributed by atoms with Crippen LogP contribution in [-0.2, 0) is 6.54 Å². The lowest BCUT2D eigenvalue weighted by molar-refractivity contribution is 0.502. The highest BCUT2D eigenvalue weighted by atomic mass is 32.1. The molecule has 0 saturated heterocycles. The number of nitrogens with zero attached hydrogens (tertiary/aromatic N) is 3. The molecule has 0 fully saturated rings. The first kappa shape index (κ1) is 14.9. The van der Waals surface area contributed by atoms with Gasteiger partial charge in [-0.05, 0) is 18.1 Å². The Bertz CT molecular complexity index is 808. The van der Waals surface area contributed by atoms with Gasteiger partial charge in [0.2, 0.25) is 0 Å². The van der Waals surface area contributed by atoms with E-state index >= 15 is 0 Å². The molecule has 1 aromatic carbocycles. The van der Waals surface area contributed by atoms with E-state index in [0.717, 1.165) is 23.3 Å². The Hall–Kier alpha value is -2.01. The lowest BCUT2D eigenvalue weighted by Gasteiger charge is -2.02. The predicted molar refractivity (Wildman–Crippen MR) is 91.3 cm³/mol. The SMILES string of the molecule is CCCCCCn1nnc2sc(-c3ccccc3)cc2c1=O. The Morgan fingerprint density at radius 1 is 1.14 bits per heavy atom. The molecule has 4 nitrogen and oxygen atoms in total. The quantitative estimate of drug-likeness (QED) is 0.644. The minimum Gasteiger partial charge on any atom is -0.267 e. The molecule has 0 amide bonds. The second kappa shape index (κ2) is 6.83. The summed E-state index contributed by atoms with van der Waals surface area (Å²) in [6, 6.07) is 12.0. The molecule has 2 aromatic heterocycles. The van der Waals surface area contributed by atoms with Gasteiger partial charge < -0.3 is 0 Å². The average molecular weight is 313 g/mol. The molecule has 0 spiro atoms. The van der Waals surface area contributed by atoms with Crippen molar-refractivity contribution in [1.82, 2.24) is 15.0 Å². The summed E-state index contributed by atoms with van der Waals surface area (Å²) in [5.74, 6) is 0. The van der Waals surface area contributed by atoms with Gasteiger partial charge in [0.25, 0.3) is 5.56 Å². The summed E-state index contributed by atoms with van der Waals surface area (Å²) in [5, 5.41) is 8.97. The molecule has 0 aliphatic carbocycles. The summed E-state index contributed by atoms with van der Waals surface area (Å²) in [4.78, 5) is 14.3. The van der Waals surface area contributed by atoms with Gasteiger partial charge in [-0.15, -0.1) is 16.4 Å². The number of hydrogen-bond donors (Lipinski definition) is 0. The number of unbranched alkanes of at least 4 members (excludes halogenated alkanes) is 3. The first-order chi connectivity index (χ1) is 10.8. The van der Waals surface area contributed by atoms with E-state index in [1.165, 1.54) is 28.9 Å². The fourth-order valence-corrected chi connectivity index (χ4v) is 3.44. The van der Waals surface area contributed by atoms with Gasteiger partial charge in [0.15, 0.2) is 4.83 Å². The van der Waals surface area contributed by atoms with Crippen LogP contribution >= 0.6 is 11.3 Å². The molecular formula is C17H19N3OS. The van der Waals surface area contributed by atoms with E-state index < -0.39 is 0 Å². The number of rotatable bonds is 6. The molecule has 0 atom stereocenters. The van der Waals surface area contributed by atoms with Gasteiger partial charge in [0.05, 0.1) is 5.39 Å². The van der Waals surface area contributed by atoms with Crippen LogP contribution in [0.3, 0.4) is 0 Å². The highest BCUT2D eigenvalue weighted by molar-refractivity contribution is 7.21. The largest absolute Gasteiger partial charge is 0.278 e. The van der Waals surface area contributed by atoms with Crippen molar-refractivity contribution in [2.75, 3.05) is 0 Å². The first-order valence-electron chi connectivity index (χ1n) is 7.72. The molecule has 5 heteroatoms. The van der Waals surface area contributed by atoms with Crippen LogP contribution in [0, 0.1) is 0 Å². The summed E-state index contributed by atoms with van der Waals surface area (Å²) >= 11 is 1.52. The van der Waals surface area contributed by atoms with Crippen molar-refractivity contribution in [3.05, 3.63) is 46.8 Å². The third-order valence-electron chi connectivity index (χ3n) is 3.70. The van der Waals surface area contributed by atoms with Gasteiger partial charge in [-0.1, -0.05) is 61.7 Å². The minimum atomic E-state index is -0.0278. The molecule has 0 aliphatic heterocycles. The summed E-state index contributed by atoms with van der Waals surface area (Å²) < 4.78 is 1.50. The average Bonchev–Trinajstić information content (AvgIpc) is 2.99. The van der Waals surface area contributed by atoms with E-state index in [1.807, 2.05) is 36.4 Å². The van der Waals surface area contributed by atoms with Crippen LogP contribution in [0.15, 0.2) is 41.2 Å². The summed E-state index contributed by atoms with van der Waals surface area (Å²) in [7, 11) is 0. The number of thiophene rings is 1. The van der Waals surface area contributed by atoms with Crippen molar-refractivity contribution < 1.29 is 0 Å². The van der Waals surface area contributed by atoms with Crippen molar-refractivity contribution in [2.45, 2.75) is 39.2 Å². The van der Waals surface area contributed by atoms with E-state index in [1.54, 1.807) is 0 Å². The summed E-state index contributed by atoms with van der Waals surface area (Å²) in [6.45, 7) is 2.83. The Kier molecular flexibility index (Phi) is 4.63. The third-order valence-corrected chi connectivity index (χ3v) is 4.77. The van der Waals surface area contributed by atoms with Gasteiger partial charge in [-0.25, -0.2) is 4.68 Å². The number of aromatic nitrogens is 3. The van der Waals surface area contributed by atoms with Crippen molar-refractivity contribution >= 4 is 21.6 Å². The van der Waals surface area contributed by atoms with Gasteiger partial charge in [-0.3, -0.25) is 4.79 Å². The van der Waals surface area contributed by atoms with Crippen LogP contribution in [0.2, 0.25) is 0 Å². The van der Waals surface area contributed by atoms with Crippen molar-refractivity contribution in [1.29, 1.82) is 0 Å². The van der Waals surface area contributed by atoms with Crippen molar-refractivity contribution in [2.24, 2.45) is 0 Å². The molecule has 0 N–H and O–H groups in total. The predicted octanol–water partition coefficient (Wildman–Crippen LogP) is 4.10. The van der Waals surface area contributed by atoms with Crippen molar-refractivity contribution in [3.8, 4) is 10.4 Å². The highest BCUT2D eigenvalue weighted by Crippen LogP contribution is 2.30. The molecule has 0 aliphatic rings. The maximum Gasteiger partial charge on any atom is 0.278 e. The zero-order valence-electron chi connectivity index (χ0n) is 12.7. The molecule has 0 saturated carbocycles. The van der Waals surface area contributed by atoms with Crippen LogP contribution in [-0.4, -0.2) is 15.0 Å². The van der Waals surface area contributed by atoms with E-state index in [0.29, 0.717) is 16.8 Å². The second-order valence-electron chi connectivity index (χ2n) is 5.37. The van der Waals surface area contributed by atoms with Crippen LogP contribution in [0.25, 0.3) is 20.7 Å². The zero-order chi connectivity index (χ0) is 15.4. The highest BCUT2D eigenvalue weighted by Gasteiger charge is 2.11. The Labute approximate surface area is 133 Å². The molecule has 0 radical (unpaired) electrons. The molecule has 22 heavy (non-hydrogen) atoms. The normalized spacial score (nSPS) is 11.1. The summed E-state index contributed by atoms with van der Waals surface area (Å²) in [5.41, 5.74) is 1.08. The minimum absolute atomic E-state index is 0.0278. The number of fused-ring (bicyclic) bond motifs is 1. The molecular weight excluding hydrogens is 294 g/mol. The van der Waals surface area contributed by atoms with E-state index in [4.69, 9.17) is 0 Å². The lowest BCUT2D eigenvalue weighted by atomic mass is 10.2. The van der Waals surface area contributed by atoms with E-state index in [-0.39, 0.29) is 5.56 Å². The molecule has 0 bridgehead atoms. The third kappa shape index (κ3) is 3.09. The van der Waals surface area contributed by atoms with Gasteiger partial charge >= 0.3 is 0 Å². The van der Waals surface area contributed by atoms with Crippen LogP contribution in [0.4, 0.5) is 0 Å². The smallest absolute Gasteiger partial charge is 0.267 e. The van der Waals surface area contributed by atoms with Crippen molar-refractivity contribution in [3.63, 3.8) is 0 Å². The number of hydrogen-bond acceptors (Lipinski definition) is 4. The van der Waals surface area contributed by atoms with E-state index in [9.17, 15) is 4.79 Å². The molecule has 2 heterocycles. The standard InChI is InChI=1S/C17H19N3OS/c1-2-3-4-8-11-20-17(21)14-12-15(22-16(14)18-19-20)13-9-6-5-7-10-13/h5-7,9-10,12H,2-4,8,11H2,1H3. The van der Waals surface area contributed by atoms with Crippen LogP contribution in [0.1, 0.15) is 32.6 Å². The van der Waals surface area contributed by atoms with Gasteiger partial charge in [0.1, 0.15) is 0 Å². The van der Waals surface area contributed by atoms with Gasteiger partial charge in [0, 0.05) is 11.4 Å². The second-order valence-corrected chi connectivity index (χ2v) is 6.40. The van der Waals surface area contributed by atoms with E-state index in [2.05, 4.69) is 17.2 Å². The Balaban J connectivity index is 1.89. The summed E-state index contributed by atoms with van der Waals surface area (Å²) in [6.07, 6.45) is 4.48. The number of aryl methyl sites for hydroxylation is 1. The van der Waals surface area contributed by atoms with Crippen LogP contribution < -0.4 is 5.56 Å². The lowest BCUT2D eigenvalue weighted by Crippen LogP contribution is -2.23. The maximum atomic E-state index is 12.5. The van der Waals surface area contributed by atoms with Gasteiger partial charge in [-0.2, -0.15) is 0 Å². The fourth-order valence-electron chi connectivity index (χ4n) is 2.46. The monoisotopic (exact) mass is 313 g/mol. The Morgan fingerprint density at radius 2 is 1.95 bits per heavy atom. The maximum absolute atomic E-state index is 12.5. The molecule has 3 rings (SSSR count). The molecule has 3 aromatic rings. The first-order valence-corrected chi connectivity index (χ1v) is 8.54. The zero-order valence-corrected chi connectivity index (χ0v) is 13.5. The molecule has 0 unspecified atom stereocenters. The topological polar surface area (TPSA) is 47.8 Å².